The van der Waals surface area contributed by atoms with Crippen LogP contribution in [0.25, 0.3) is 0 Å². The molecule has 0 radical (unpaired) electrons. The molecule has 4 rings (SSSR count). The topological polar surface area (TPSA) is 78.5 Å². The van der Waals surface area contributed by atoms with Crippen LogP contribution in [0.1, 0.15) is 34.8 Å². The second-order valence-electron chi connectivity index (χ2n) is 8.46. The highest BCUT2D eigenvalue weighted by molar-refractivity contribution is 5.94. The smallest absolute Gasteiger partial charge is 0.251 e. The highest BCUT2D eigenvalue weighted by atomic mass is 16.5. The van der Waals surface area contributed by atoms with Crippen molar-refractivity contribution in [3.63, 3.8) is 0 Å². The van der Waals surface area contributed by atoms with Crippen molar-refractivity contribution in [2.75, 3.05) is 60.3 Å². The van der Waals surface area contributed by atoms with Crippen LogP contribution in [0.3, 0.4) is 0 Å². The number of morpholine rings is 1. The summed E-state index contributed by atoms with van der Waals surface area (Å²) >= 11 is 0. The van der Waals surface area contributed by atoms with Gasteiger partial charge < -0.3 is 29.0 Å². The van der Waals surface area contributed by atoms with Gasteiger partial charge in [0.25, 0.3) is 5.91 Å². The van der Waals surface area contributed by atoms with E-state index in [1.165, 1.54) is 0 Å². The van der Waals surface area contributed by atoms with Crippen LogP contribution in [-0.4, -0.2) is 77.2 Å². The number of ether oxygens (including phenoxy) is 5. The monoisotopic (exact) mass is 470 g/mol. The van der Waals surface area contributed by atoms with Gasteiger partial charge in [0.15, 0.2) is 11.5 Å². The molecule has 8 nitrogen and oxygen atoms in total. The average Bonchev–Trinajstić information content (AvgIpc) is 3.42. The molecule has 8 heteroatoms. The molecule has 1 N–H and O–H groups in total. The largest absolute Gasteiger partial charge is 0.493 e. The number of hydrogen-bond acceptors (Lipinski definition) is 7. The fourth-order valence-electron chi connectivity index (χ4n) is 4.37. The summed E-state index contributed by atoms with van der Waals surface area (Å²) in [6.45, 7) is 4.75. The summed E-state index contributed by atoms with van der Waals surface area (Å²) in [5.41, 5.74) is 1.65. The SMILES string of the molecule is COc1ccc(C(CNC(=O)c2ccc(OCC3CCCO3)cc2)N2CCOCC2)cc1OC. The molecule has 2 aromatic carbocycles. The van der Waals surface area contributed by atoms with E-state index in [0.29, 0.717) is 43.4 Å². The zero-order chi connectivity index (χ0) is 23.8. The lowest BCUT2D eigenvalue weighted by molar-refractivity contribution is 0.0162. The zero-order valence-electron chi connectivity index (χ0n) is 20.0. The lowest BCUT2D eigenvalue weighted by Gasteiger charge is -2.35. The Bertz CT molecular complexity index is 923. The summed E-state index contributed by atoms with van der Waals surface area (Å²) in [7, 11) is 3.25. The normalized spacial score (nSPS) is 19.4. The predicted octanol–water partition coefficient (Wildman–Crippen LogP) is 3.06. The predicted molar refractivity (Wildman–Crippen MR) is 128 cm³/mol. The summed E-state index contributed by atoms with van der Waals surface area (Å²) < 4.78 is 27.8. The zero-order valence-corrected chi connectivity index (χ0v) is 20.0. The van der Waals surface area contributed by atoms with Crippen molar-refractivity contribution in [1.82, 2.24) is 10.2 Å². The van der Waals surface area contributed by atoms with Gasteiger partial charge in [-0.1, -0.05) is 6.07 Å². The van der Waals surface area contributed by atoms with Crippen LogP contribution in [0, 0.1) is 0 Å². The third-order valence-electron chi connectivity index (χ3n) is 6.31. The number of rotatable bonds is 10. The van der Waals surface area contributed by atoms with E-state index in [2.05, 4.69) is 10.2 Å². The Hall–Kier alpha value is -2.81. The van der Waals surface area contributed by atoms with Crippen molar-refractivity contribution in [2.24, 2.45) is 0 Å². The molecule has 2 unspecified atom stereocenters. The Morgan fingerprint density at radius 2 is 1.82 bits per heavy atom. The van der Waals surface area contributed by atoms with Crippen LogP contribution >= 0.6 is 0 Å². The van der Waals surface area contributed by atoms with Crippen LogP contribution in [0.15, 0.2) is 42.5 Å². The molecule has 0 aliphatic carbocycles. The van der Waals surface area contributed by atoms with Crippen LogP contribution in [0.4, 0.5) is 0 Å². The molecule has 0 spiro atoms. The van der Waals surface area contributed by atoms with E-state index in [-0.39, 0.29) is 18.1 Å². The van der Waals surface area contributed by atoms with E-state index in [0.717, 1.165) is 43.9 Å². The number of carbonyl (C=O) groups excluding carboxylic acids is 1. The van der Waals surface area contributed by atoms with Crippen molar-refractivity contribution in [2.45, 2.75) is 25.0 Å². The van der Waals surface area contributed by atoms with E-state index < -0.39 is 0 Å². The van der Waals surface area contributed by atoms with E-state index in [1.54, 1.807) is 26.4 Å². The van der Waals surface area contributed by atoms with Crippen molar-refractivity contribution in [3.8, 4) is 17.2 Å². The van der Waals surface area contributed by atoms with E-state index in [9.17, 15) is 4.79 Å². The molecule has 34 heavy (non-hydrogen) atoms. The van der Waals surface area contributed by atoms with E-state index in [1.807, 2.05) is 30.3 Å². The molecular formula is C26H34N2O6. The summed E-state index contributed by atoms with van der Waals surface area (Å²) in [6.07, 6.45) is 2.28. The number of benzene rings is 2. The second kappa shape index (κ2) is 12.1. The first-order valence-electron chi connectivity index (χ1n) is 11.8. The van der Waals surface area contributed by atoms with Gasteiger partial charge in [0.1, 0.15) is 12.4 Å². The molecule has 0 aromatic heterocycles. The maximum atomic E-state index is 12.9. The second-order valence-corrected chi connectivity index (χ2v) is 8.46. The number of amides is 1. The van der Waals surface area contributed by atoms with Gasteiger partial charge in [0.05, 0.1) is 39.6 Å². The minimum atomic E-state index is -0.121. The number of carbonyl (C=O) groups is 1. The Balaban J connectivity index is 1.40. The molecule has 0 saturated carbocycles. The summed E-state index contributed by atoms with van der Waals surface area (Å²) in [5, 5.41) is 3.10. The molecule has 2 heterocycles. The Labute approximate surface area is 201 Å². The van der Waals surface area contributed by atoms with Crippen molar-refractivity contribution < 1.29 is 28.5 Å². The third kappa shape index (κ3) is 6.20. The van der Waals surface area contributed by atoms with Crippen molar-refractivity contribution >= 4 is 5.91 Å². The highest BCUT2D eigenvalue weighted by Crippen LogP contribution is 2.32. The van der Waals surface area contributed by atoms with Crippen molar-refractivity contribution in [3.05, 3.63) is 53.6 Å². The lowest BCUT2D eigenvalue weighted by atomic mass is 10.0. The van der Waals surface area contributed by atoms with Crippen molar-refractivity contribution in [1.29, 1.82) is 0 Å². The molecular weight excluding hydrogens is 436 g/mol. The molecule has 2 aliphatic heterocycles. The minimum absolute atomic E-state index is 0.0123. The average molecular weight is 471 g/mol. The summed E-state index contributed by atoms with van der Waals surface area (Å²) in [5.74, 6) is 1.97. The molecule has 2 saturated heterocycles. The van der Waals surface area contributed by atoms with Crippen LogP contribution in [0.2, 0.25) is 0 Å². The van der Waals surface area contributed by atoms with Gasteiger partial charge in [-0.15, -0.1) is 0 Å². The fraction of sp³-hybridized carbons (Fsp3) is 0.500. The fourth-order valence-corrected chi connectivity index (χ4v) is 4.37. The first kappa shape index (κ1) is 24.3. The number of nitrogens with one attached hydrogen (secondary N) is 1. The molecule has 0 bridgehead atoms. The first-order valence-corrected chi connectivity index (χ1v) is 11.8. The lowest BCUT2D eigenvalue weighted by Crippen LogP contribution is -2.43. The van der Waals surface area contributed by atoms with Gasteiger partial charge in [-0.25, -0.2) is 0 Å². The minimum Gasteiger partial charge on any atom is -0.493 e. The molecule has 2 atom stereocenters. The van der Waals surface area contributed by atoms with Gasteiger partial charge in [-0.2, -0.15) is 0 Å². The Morgan fingerprint density at radius 1 is 1.06 bits per heavy atom. The summed E-state index contributed by atoms with van der Waals surface area (Å²) in [6, 6.07) is 13.1. The molecule has 2 fully saturated rings. The molecule has 2 aromatic rings. The third-order valence-corrected chi connectivity index (χ3v) is 6.31. The molecule has 184 valence electrons. The number of hydrogen-bond donors (Lipinski definition) is 1. The number of nitrogens with zero attached hydrogens (tertiary/aromatic N) is 1. The quantitative estimate of drug-likeness (QED) is 0.572. The Kier molecular flexibility index (Phi) is 8.62. The number of methoxy groups -OCH3 is 2. The van der Waals surface area contributed by atoms with E-state index >= 15 is 0 Å². The highest BCUT2D eigenvalue weighted by Gasteiger charge is 2.24. The van der Waals surface area contributed by atoms with Gasteiger partial charge in [-0.3, -0.25) is 9.69 Å². The van der Waals surface area contributed by atoms with Gasteiger partial charge in [-0.05, 0) is 54.8 Å². The molecule has 1 amide bonds. The van der Waals surface area contributed by atoms with Crippen LogP contribution in [0.5, 0.6) is 17.2 Å². The first-order chi connectivity index (χ1) is 16.7. The summed E-state index contributed by atoms with van der Waals surface area (Å²) in [4.78, 5) is 15.2. The van der Waals surface area contributed by atoms with Crippen LogP contribution in [-0.2, 0) is 9.47 Å². The maximum absolute atomic E-state index is 12.9. The molecule has 2 aliphatic rings. The van der Waals surface area contributed by atoms with Gasteiger partial charge >= 0.3 is 0 Å². The van der Waals surface area contributed by atoms with Gasteiger partial charge in [0.2, 0.25) is 0 Å². The van der Waals surface area contributed by atoms with Crippen LogP contribution < -0.4 is 19.5 Å². The standard InChI is InChI=1S/C26H34N2O6/c1-30-24-10-7-20(16-25(24)31-2)23(28-11-14-32-15-12-28)17-27-26(29)19-5-8-21(9-6-19)34-18-22-4-3-13-33-22/h5-10,16,22-23H,3-4,11-15,17-18H2,1-2H3,(H,27,29). The Morgan fingerprint density at radius 3 is 2.50 bits per heavy atom. The van der Waals surface area contributed by atoms with Gasteiger partial charge in [0, 0.05) is 31.8 Å². The maximum Gasteiger partial charge on any atom is 0.251 e. The van der Waals surface area contributed by atoms with E-state index in [4.69, 9.17) is 23.7 Å².